The maximum absolute atomic E-state index is 12.3. The van der Waals surface area contributed by atoms with Crippen molar-refractivity contribution in [3.05, 3.63) is 65.2 Å². The van der Waals surface area contributed by atoms with Gasteiger partial charge in [0.05, 0.1) is 10.7 Å². The number of benzene rings is 2. The Hall–Kier alpha value is -2.53. The van der Waals surface area contributed by atoms with E-state index in [-0.39, 0.29) is 0 Å². The van der Waals surface area contributed by atoms with Gasteiger partial charge in [-0.2, -0.15) is 0 Å². The van der Waals surface area contributed by atoms with Crippen LogP contribution in [0.3, 0.4) is 0 Å². The van der Waals surface area contributed by atoms with Gasteiger partial charge in [-0.05, 0) is 17.7 Å². The van der Waals surface area contributed by atoms with Gasteiger partial charge in [0.15, 0.2) is 0 Å². The normalized spacial score (nSPS) is 11.5. The van der Waals surface area contributed by atoms with Gasteiger partial charge in [0.1, 0.15) is 6.04 Å². The molecule has 0 radical (unpaired) electrons. The Morgan fingerprint density at radius 3 is 2.24 bits per heavy atom. The van der Waals surface area contributed by atoms with Crippen LogP contribution in [0, 0.1) is 0 Å². The molecule has 0 aliphatic carbocycles. The van der Waals surface area contributed by atoms with Crippen LogP contribution >= 0.6 is 11.6 Å². The van der Waals surface area contributed by atoms with E-state index in [1.165, 1.54) is 0 Å². The molecule has 3 N–H and O–H groups in total. The zero-order valence-corrected chi connectivity index (χ0v) is 11.7. The summed E-state index contributed by atoms with van der Waals surface area (Å²) in [7, 11) is 0. The molecule has 0 saturated heterocycles. The van der Waals surface area contributed by atoms with Crippen LogP contribution in [0.5, 0.6) is 0 Å². The molecule has 5 nitrogen and oxygen atoms in total. The zero-order valence-electron chi connectivity index (χ0n) is 10.9. The van der Waals surface area contributed by atoms with Crippen molar-refractivity contribution in [1.29, 1.82) is 0 Å². The molecule has 0 bridgehead atoms. The summed E-state index contributed by atoms with van der Waals surface area (Å²) in [5, 5.41) is 14.1. The third-order valence-corrected chi connectivity index (χ3v) is 3.12. The Labute approximate surface area is 126 Å². The van der Waals surface area contributed by atoms with Crippen LogP contribution in [0.1, 0.15) is 11.6 Å². The molecule has 2 rings (SSSR count). The van der Waals surface area contributed by atoms with Crippen LogP contribution in [0.4, 0.5) is 10.5 Å². The Balaban J connectivity index is 2.23. The number of carboxylic acid groups (broad SMARTS) is 1. The summed E-state index contributed by atoms with van der Waals surface area (Å²) in [6.45, 7) is 0. The lowest BCUT2D eigenvalue weighted by atomic mass is 10.1. The van der Waals surface area contributed by atoms with E-state index in [0.717, 1.165) is 0 Å². The monoisotopic (exact) mass is 304 g/mol. The van der Waals surface area contributed by atoms with Gasteiger partial charge in [-0.1, -0.05) is 54.1 Å². The molecule has 2 amide bonds. The number of para-hydroxylation sites is 1. The predicted molar refractivity (Wildman–Crippen MR) is 80.4 cm³/mol. The average Bonchev–Trinajstić information content (AvgIpc) is 2.48. The third kappa shape index (κ3) is 3.97. The minimum absolute atomic E-state index is 0.382. The van der Waals surface area contributed by atoms with Gasteiger partial charge in [0.2, 0.25) is 0 Å². The van der Waals surface area contributed by atoms with E-state index in [0.29, 0.717) is 16.3 Å². The summed E-state index contributed by atoms with van der Waals surface area (Å²) in [6.07, 6.45) is -1.28. The molecule has 0 spiro atoms. The zero-order chi connectivity index (χ0) is 15.2. The number of anilines is 1. The molecule has 108 valence electrons. The third-order valence-electron chi connectivity index (χ3n) is 2.79. The molecule has 1 unspecified atom stereocenters. The molecule has 0 fully saturated rings. The fourth-order valence-electron chi connectivity index (χ4n) is 1.84. The van der Waals surface area contributed by atoms with Crippen molar-refractivity contribution in [3.63, 3.8) is 0 Å². The maximum Gasteiger partial charge on any atom is 0.405 e. The van der Waals surface area contributed by atoms with Gasteiger partial charge >= 0.3 is 6.09 Å². The summed E-state index contributed by atoms with van der Waals surface area (Å²) >= 11 is 5.97. The highest BCUT2D eigenvalue weighted by atomic mass is 35.5. The summed E-state index contributed by atoms with van der Waals surface area (Å²) in [4.78, 5) is 23.2. The number of rotatable bonds is 4. The van der Waals surface area contributed by atoms with E-state index < -0.39 is 18.0 Å². The van der Waals surface area contributed by atoms with E-state index in [1.807, 2.05) is 0 Å². The molecule has 6 heteroatoms. The van der Waals surface area contributed by atoms with Crippen molar-refractivity contribution in [2.24, 2.45) is 0 Å². The minimum Gasteiger partial charge on any atom is -0.465 e. The Morgan fingerprint density at radius 2 is 1.62 bits per heavy atom. The van der Waals surface area contributed by atoms with Crippen molar-refractivity contribution < 1.29 is 14.7 Å². The number of carbonyl (C=O) groups is 2. The first-order valence-corrected chi connectivity index (χ1v) is 6.55. The van der Waals surface area contributed by atoms with E-state index in [9.17, 15) is 9.59 Å². The maximum atomic E-state index is 12.3. The van der Waals surface area contributed by atoms with Gasteiger partial charge in [-0.25, -0.2) is 4.79 Å². The summed E-state index contributed by atoms with van der Waals surface area (Å²) in [5.41, 5.74) is 0.974. The molecule has 1 atom stereocenters. The first-order chi connectivity index (χ1) is 10.1. The fraction of sp³-hybridized carbons (Fsp3) is 0.0667. The number of hydrogen-bond acceptors (Lipinski definition) is 2. The van der Waals surface area contributed by atoms with Crippen LogP contribution in [0.2, 0.25) is 5.02 Å². The van der Waals surface area contributed by atoms with Crippen molar-refractivity contribution in [1.82, 2.24) is 5.32 Å². The average molecular weight is 305 g/mol. The number of halogens is 1. The standard InChI is InChI=1S/C15H13ClN2O3/c16-11-8-4-5-9-12(11)17-14(19)13(18-15(20)21)10-6-2-1-3-7-10/h1-9,13,18H,(H,17,19)(H,20,21). The van der Waals surface area contributed by atoms with Crippen molar-refractivity contribution in [2.75, 3.05) is 5.32 Å². The van der Waals surface area contributed by atoms with E-state index in [1.54, 1.807) is 54.6 Å². The first kappa shape index (κ1) is 14.9. The lowest BCUT2D eigenvalue weighted by Gasteiger charge is -2.17. The molecule has 21 heavy (non-hydrogen) atoms. The van der Waals surface area contributed by atoms with E-state index in [2.05, 4.69) is 10.6 Å². The number of amides is 2. The summed E-state index contributed by atoms with van der Waals surface area (Å²) in [5.74, 6) is -0.503. The SMILES string of the molecule is O=C(O)NC(C(=O)Nc1ccccc1Cl)c1ccccc1. The minimum atomic E-state index is -1.28. The van der Waals surface area contributed by atoms with Crippen LogP contribution in [-0.2, 0) is 4.79 Å². The highest BCUT2D eigenvalue weighted by Gasteiger charge is 2.22. The van der Waals surface area contributed by atoms with Crippen LogP contribution < -0.4 is 10.6 Å². The molecule has 2 aromatic carbocycles. The summed E-state index contributed by atoms with van der Waals surface area (Å²) < 4.78 is 0. The molecule has 0 aromatic heterocycles. The van der Waals surface area contributed by atoms with Crippen LogP contribution in [-0.4, -0.2) is 17.1 Å². The quantitative estimate of drug-likeness (QED) is 0.811. The van der Waals surface area contributed by atoms with Crippen molar-refractivity contribution in [3.8, 4) is 0 Å². The topological polar surface area (TPSA) is 78.4 Å². The highest BCUT2D eigenvalue weighted by molar-refractivity contribution is 6.33. The molecular formula is C15H13ClN2O3. The van der Waals surface area contributed by atoms with Crippen molar-refractivity contribution >= 4 is 29.3 Å². The van der Waals surface area contributed by atoms with E-state index >= 15 is 0 Å². The Kier molecular flexibility index (Phi) is 4.79. The predicted octanol–water partition coefficient (Wildman–Crippen LogP) is 3.29. The number of carbonyl (C=O) groups excluding carboxylic acids is 1. The molecular weight excluding hydrogens is 292 g/mol. The second kappa shape index (κ2) is 6.76. The van der Waals surface area contributed by atoms with E-state index in [4.69, 9.17) is 16.7 Å². The summed E-state index contributed by atoms with van der Waals surface area (Å²) in [6, 6.07) is 14.3. The van der Waals surface area contributed by atoms with Crippen molar-refractivity contribution in [2.45, 2.75) is 6.04 Å². The second-order valence-corrected chi connectivity index (χ2v) is 4.67. The fourth-order valence-corrected chi connectivity index (χ4v) is 2.02. The van der Waals surface area contributed by atoms with Crippen LogP contribution in [0.15, 0.2) is 54.6 Å². The second-order valence-electron chi connectivity index (χ2n) is 4.26. The largest absolute Gasteiger partial charge is 0.465 e. The van der Waals surface area contributed by atoms with Gasteiger partial charge in [-0.3, -0.25) is 4.79 Å². The van der Waals surface area contributed by atoms with Gasteiger partial charge < -0.3 is 15.7 Å². The smallest absolute Gasteiger partial charge is 0.405 e. The molecule has 2 aromatic rings. The molecule has 0 heterocycles. The number of nitrogens with one attached hydrogen (secondary N) is 2. The van der Waals surface area contributed by atoms with Crippen LogP contribution in [0.25, 0.3) is 0 Å². The lowest BCUT2D eigenvalue weighted by Crippen LogP contribution is -2.36. The molecule has 0 aliphatic rings. The first-order valence-electron chi connectivity index (χ1n) is 6.17. The lowest BCUT2D eigenvalue weighted by molar-refractivity contribution is -0.118. The molecule has 0 saturated carbocycles. The Bertz CT molecular complexity index is 646. The highest BCUT2D eigenvalue weighted by Crippen LogP contribution is 2.22. The molecule has 0 aliphatic heterocycles. The Morgan fingerprint density at radius 1 is 1.00 bits per heavy atom. The van der Waals surface area contributed by atoms with Gasteiger partial charge in [-0.15, -0.1) is 0 Å². The van der Waals surface area contributed by atoms with Gasteiger partial charge in [0, 0.05) is 0 Å². The van der Waals surface area contributed by atoms with Gasteiger partial charge in [0.25, 0.3) is 5.91 Å². The number of hydrogen-bond donors (Lipinski definition) is 3.